The van der Waals surface area contributed by atoms with Gasteiger partial charge < -0.3 is 14.5 Å². The van der Waals surface area contributed by atoms with Crippen molar-refractivity contribution < 1.29 is 13.9 Å². The van der Waals surface area contributed by atoms with Gasteiger partial charge in [-0.15, -0.1) is 0 Å². The smallest absolute Gasteiger partial charge is 0.287 e. The maximum Gasteiger partial charge on any atom is 0.287 e. The highest BCUT2D eigenvalue weighted by molar-refractivity contribution is 6.35. The summed E-state index contributed by atoms with van der Waals surface area (Å²) < 4.78 is 10.8. The Bertz CT molecular complexity index is 904. The second-order valence-electron chi connectivity index (χ2n) is 5.64. The summed E-state index contributed by atoms with van der Waals surface area (Å²) in [5.41, 5.74) is 1.76. The van der Waals surface area contributed by atoms with Gasteiger partial charge in [-0.1, -0.05) is 35.3 Å². The lowest BCUT2D eigenvalue weighted by Crippen LogP contribution is -2.25. The zero-order valence-corrected chi connectivity index (χ0v) is 15.6. The van der Waals surface area contributed by atoms with Crippen LogP contribution in [0, 0.1) is 0 Å². The first-order valence-corrected chi connectivity index (χ1v) is 8.79. The molecule has 134 valence electrons. The van der Waals surface area contributed by atoms with Crippen LogP contribution < -0.4 is 10.1 Å². The Morgan fingerprint density at radius 2 is 1.85 bits per heavy atom. The Labute approximate surface area is 161 Å². The van der Waals surface area contributed by atoms with Crippen LogP contribution in [0.2, 0.25) is 10.0 Å². The highest BCUT2D eigenvalue weighted by atomic mass is 35.5. The van der Waals surface area contributed by atoms with E-state index in [2.05, 4.69) is 5.32 Å². The molecule has 0 atom stereocenters. The highest BCUT2D eigenvalue weighted by Gasteiger charge is 2.14. The molecule has 1 aromatic heterocycles. The van der Waals surface area contributed by atoms with Crippen LogP contribution in [0.5, 0.6) is 5.75 Å². The number of amides is 1. The Balaban J connectivity index is 1.60. The Morgan fingerprint density at radius 1 is 1.08 bits per heavy atom. The van der Waals surface area contributed by atoms with Crippen molar-refractivity contribution in [3.8, 4) is 17.1 Å². The zero-order valence-electron chi connectivity index (χ0n) is 14.1. The second kappa shape index (κ2) is 8.30. The predicted octanol–water partition coefficient (Wildman–Crippen LogP) is 5.23. The van der Waals surface area contributed by atoms with Crippen LogP contribution in [0.3, 0.4) is 0 Å². The third-order valence-corrected chi connectivity index (χ3v) is 4.45. The van der Waals surface area contributed by atoms with Gasteiger partial charge in [0.2, 0.25) is 0 Å². The zero-order chi connectivity index (χ0) is 18.5. The van der Waals surface area contributed by atoms with Gasteiger partial charge in [-0.05, 0) is 54.4 Å². The summed E-state index contributed by atoms with van der Waals surface area (Å²) in [6, 6.07) is 16.1. The number of hydrogen-bond acceptors (Lipinski definition) is 3. The van der Waals surface area contributed by atoms with E-state index in [4.69, 9.17) is 32.4 Å². The summed E-state index contributed by atoms with van der Waals surface area (Å²) in [5, 5.41) is 3.90. The van der Waals surface area contributed by atoms with E-state index in [0.717, 1.165) is 11.3 Å². The molecule has 0 saturated heterocycles. The predicted molar refractivity (Wildman–Crippen MR) is 103 cm³/mol. The van der Waals surface area contributed by atoms with Crippen molar-refractivity contribution in [3.05, 3.63) is 76.0 Å². The van der Waals surface area contributed by atoms with Gasteiger partial charge in [-0.3, -0.25) is 4.79 Å². The number of hydrogen-bond donors (Lipinski definition) is 1. The SMILES string of the molecule is COc1ccc(CCNC(=O)c2ccc(-c3cc(Cl)ccc3Cl)o2)cc1. The number of carbonyl (C=O) groups excluding carboxylic acids is 1. The van der Waals surface area contributed by atoms with E-state index in [1.54, 1.807) is 37.4 Å². The molecule has 0 saturated carbocycles. The minimum absolute atomic E-state index is 0.228. The van der Waals surface area contributed by atoms with Crippen LogP contribution in [-0.2, 0) is 6.42 Å². The fraction of sp³-hybridized carbons (Fsp3) is 0.150. The van der Waals surface area contributed by atoms with Crippen LogP contribution in [0.4, 0.5) is 0 Å². The molecular weight excluding hydrogens is 373 g/mol. The van der Waals surface area contributed by atoms with Gasteiger partial charge in [0.1, 0.15) is 11.5 Å². The molecule has 0 aliphatic carbocycles. The third-order valence-electron chi connectivity index (χ3n) is 3.88. The number of furan rings is 1. The van der Waals surface area contributed by atoms with Crippen LogP contribution in [0.15, 0.2) is 59.0 Å². The van der Waals surface area contributed by atoms with Gasteiger partial charge in [0.15, 0.2) is 5.76 Å². The van der Waals surface area contributed by atoms with Gasteiger partial charge in [-0.25, -0.2) is 0 Å². The monoisotopic (exact) mass is 389 g/mol. The van der Waals surface area contributed by atoms with Crippen molar-refractivity contribution in [3.63, 3.8) is 0 Å². The first-order valence-electron chi connectivity index (χ1n) is 8.03. The maximum atomic E-state index is 12.2. The van der Waals surface area contributed by atoms with Crippen molar-refractivity contribution in [2.75, 3.05) is 13.7 Å². The minimum Gasteiger partial charge on any atom is -0.497 e. The third kappa shape index (κ3) is 4.40. The molecule has 3 rings (SSSR count). The molecule has 1 heterocycles. The largest absolute Gasteiger partial charge is 0.497 e. The molecular formula is C20H17Cl2NO3. The van der Waals surface area contributed by atoms with E-state index < -0.39 is 0 Å². The minimum atomic E-state index is -0.275. The van der Waals surface area contributed by atoms with Gasteiger partial charge in [0.25, 0.3) is 5.91 Å². The van der Waals surface area contributed by atoms with Crippen LogP contribution in [0.1, 0.15) is 16.1 Å². The molecule has 0 aliphatic heterocycles. The number of methoxy groups -OCH3 is 1. The number of nitrogens with one attached hydrogen (secondary N) is 1. The molecule has 1 amide bonds. The molecule has 1 N–H and O–H groups in total. The van der Waals surface area contributed by atoms with Gasteiger partial charge >= 0.3 is 0 Å². The number of carbonyl (C=O) groups is 1. The van der Waals surface area contributed by atoms with Crippen LogP contribution in [-0.4, -0.2) is 19.6 Å². The van der Waals surface area contributed by atoms with Gasteiger partial charge in [0.05, 0.1) is 12.1 Å². The van der Waals surface area contributed by atoms with E-state index >= 15 is 0 Å². The fourth-order valence-electron chi connectivity index (χ4n) is 2.49. The van der Waals surface area contributed by atoms with Crippen molar-refractivity contribution in [2.24, 2.45) is 0 Å². The lowest BCUT2D eigenvalue weighted by Gasteiger charge is -2.05. The van der Waals surface area contributed by atoms with Crippen molar-refractivity contribution >= 4 is 29.1 Å². The molecule has 0 spiro atoms. The summed E-state index contributed by atoms with van der Waals surface area (Å²) >= 11 is 12.2. The summed E-state index contributed by atoms with van der Waals surface area (Å²) in [6.45, 7) is 0.499. The Morgan fingerprint density at radius 3 is 2.58 bits per heavy atom. The molecule has 2 aromatic carbocycles. The Hall–Kier alpha value is -2.43. The van der Waals surface area contributed by atoms with Crippen molar-refractivity contribution in [1.29, 1.82) is 0 Å². The van der Waals surface area contributed by atoms with E-state index in [0.29, 0.717) is 34.3 Å². The lowest BCUT2D eigenvalue weighted by atomic mass is 10.1. The van der Waals surface area contributed by atoms with E-state index in [1.165, 1.54) is 0 Å². The topological polar surface area (TPSA) is 51.5 Å². The summed E-state index contributed by atoms with van der Waals surface area (Å²) in [5.74, 6) is 1.26. The molecule has 4 nitrogen and oxygen atoms in total. The highest BCUT2D eigenvalue weighted by Crippen LogP contribution is 2.31. The lowest BCUT2D eigenvalue weighted by molar-refractivity contribution is 0.0927. The van der Waals surface area contributed by atoms with Crippen molar-refractivity contribution in [1.82, 2.24) is 5.32 Å². The summed E-state index contributed by atoms with van der Waals surface area (Å²) in [6.07, 6.45) is 0.712. The number of ether oxygens (including phenoxy) is 1. The van der Waals surface area contributed by atoms with E-state index in [1.807, 2.05) is 24.3 Å². The first kappa shape index (κ1) is 18.4. The van der Waals surface area contributed by atoms with E-state index in [-0.39, 0.29) is 11.7 Å². The van der Waals surface area contributed by atoms with Gasteiger partial charge in [-0.2, -0.15) is 0 Å². The molecule has 0 radical (unpaired) electrons. The molecule has 26 heavy (non-hydrogen) atoms. The average molecular weight is 390 g/mol. The second-order valence-corrected chi connectivity index (χ2v) is 6.49. The fourth-order valence-corrected chi connectivity index (χ4v) is 2.87. The standard InChI is InChI=1S/C20H17Cl2NO3/c1-25-15-5-2-13(3-6-15)10-11-23-20(24)19-9-8-18(26-19)16-12-14(21)4-7-17(16)22/h2-9,12H,10-11H2,1H3,(H,23,24). The molecule has 0 aliphatic rings. The average Bonchev–Trinajstić information content (AvgIpc) is 3.14. The first-order chi connectivity index (χ1) is 12.6. The molecule has 0 unspecified atom stereocenters. The molecule has 3 aromatic rings. The number of benzene rings is 2. The summed E-state index contributed by atoms with van der Waals surface area (Å²) in [4.78, 5) is 12.2. The maximum absolute atomic E-state index is 12.2. The van der Waals surface area contributed by atoms with Crippen molar-refractivity contribution in [2.45, 2.75) is 6.42 Å². The number of rotatable bonds is 6. The molecule has 0 fully saturated rings. The van der Waals surface area contributed by atoms with Gasteiger partial charge in [0, 0.05) is 17.1 Å². The summed E-state index contributed by atoms with van der Waals surface area (Å²) in [7, 11) is 1.63. The van der Waals surface area contributed by atoms with Crippen LogP contribution >= 0.6 is 23.2 Å². The Kier molecular flexibility index (Phi) is 5.86. The van der Waals surface area contributed by atoms with E-state index in [9.17, 15) is 4.79 Å². The quantitative estimate of drug-likeness (QED) is 0.627. The number of halogens is 2. The normalized spacial score (nSPS) is 10.6. The van der Waals surface area contributed by atoms with Crippen LogP contribution in [0.25, 0.3) is 11.3 Å². The molecule has 0 bridgehead atoms. The molecule has 6 heteroatoms.